The summed E-state index contributed by atoms with van der Waals surface area (Å²) in [4.78, 5) is 12.0. The monoisotopic (exact) mass is 377 g/mol. The maximum Gasteiger partial charge on any atom is 0.262 e. The second-order valence-corrected chi connectivity index (χ2v) is 6.15. The summed E-state index contributed by atoms with van der Waals surface area (Å²) in [7, 11) is 0. The highest BCUT2D eigenvalue weighted by Crippen LogP contribution is 2.22. The van der Waals surface area contributed by atoms with E-state index in [1.807, 2.05) is 48.5 Å². The minimum absolute atomic E-state index is 0.00267. The highest BCUT2D eigenvalue weighted by atomic mass is 79.9. The van der Waals surface area contributed by atoms with Crippen molar-refractivity contribution in [2.24, 2.45) is 0 Å². The van der Waals surface area contributed by atoms with Crippen molar-refractivity contribution in [3.63, 3.8) is 0 Å². The molecule has 0 aliphatic heterocycles. The molecule has 122 valence electrons. The van der Waals surface area contributed by atoms with E-state index in [4.69, 9.17) is 4.74 Å². The number of carbonyl (C=O) groups is 1. The molecule has 0 radical (unpaired) electrons. The second-order valence-electron chi connectivity index (χ2n) is 5.24. The molecule has 4 nitrogen and oxygen atoms in total. The summed E-state index contributed by atoms with van der Waals surface area (Å²) in [6, 6.07) is 15.2. The Hall–Kier alpha value is -1.85. The number of quaternary nitrogens is 1. The van der Waals surface area contributed by atoms with Crippen molar-refractivity contribution in [3.05, 3.63) is 58.6 Å². The quantitative estimate of drug-likeness (QED) is 0.694. The summed E-state index contributed by atoms with van der Waals surface area (Å²) in [5.74, 6) is 0.589. The molecule has 0 aromatic heterocycles. The Morgan fingerprint density at radius 1 is 1.22 bits per heavy atom. The average Bonchev–Trinajstić information content (AvgIpc) is 2.55. The molecule has 0 fully saturated rings. The van der Waals surface area contributed by atoms with Crippen molar-refractivity contribution < 1.29 is 14.8 Å². The Balaban J connectivity index is 1.92. The lowest BCUT2D eigenvalue weighted by Crippen LogP contribution is -2.82. The SMILES string of the molecule is CCC[NH2+]Cc1cc(Br)ccc1OCC(=O)Nc1ccccc1. The van der Waals surface area contributed by atoms with Crippen LogP contribution in [0.3, 0.4) is 0 Å². The summed E-state index contributed by atoms with van der Waals surface area (Å²) in [6.07, 6.45) is 1.13. The molecule has 0 unspecified atom stereocenters. The first-order valence-corrected chi connectivity index (χ1v) is 8.56. The molecule has 0 aliphatic rings. The number of halogens is 1. The molecule has 23 heavy (non-hydrogen) atoms. The van der Waals surface area contributed by atoms with E-state index in [2.05, 4.69) is 33.5 Å². The van der Waals surface area contributed by atoms with E-state index < -0.39 is 0 Å². The number of ether oxygens (including phenoxy) is 1. The first kappa shape index (κ1) is 17.5. The van der Waals surface area contributed by atoms with Crippen LogP contribution in [-0.4, -0.2) is 19.1 Å². The minimum Gasteiger partial charge on any atom is -0.483 e. The fraction of sp³-hybridized carbons (Fsp3) is 0.278. The largest absolute Gasteiger partial charge is 0.483 e. The van der Waals surface area contributed by atoms with Gasteiger partial charge in [0.15, 0.2) is 6.61 Å². The third-order valence-corrected chi connectivity index (χ3v) is 3.79. The van der Waals surface area contributed by atoms with Crippen LogP contribution in [0, 0.1) is 0 Å². The van der Waals surface area contributed by atoms with Crippen molar-refractivity contribution in [2.75, 3.05) is 18.5 Å². The maximum atomic E-state index is 12.0. The molecule has 0 saturated carbocycles. The van der Waals surface area contributed by atoms with Crippen LogP contribution in [0.4, 0.5) is 5.69 Å². The van der Waals surface area contributed by atoms with Gasteiger partial charge < -0.3 is 15.4 Å². The van der Waals surface area contributed by atoms with Gasteiger partial charge >= 0.3 is 0 Å². The number of hydrogen-bond donors (Lipinski definition) is 2. The fourth-order valence-electron chi connectivity index (χ4n) is 2.17. The number of nitrogens with one attached hydrogen (secondary N) is 1. The van der Waals surface area contributed by atoms with Gasteiger partial charge in [-0.05, 0) is 36.8 Å². The lowest BCUT2D eigenvalue weighted by atomic mass is 10.2. The Morgan fingerprint density at radius 3 is 2.74 bits per heavy atom. The second kappa shape index (κ2) is 9.33. The van der Waals surface area contributed by atoms with Crippen molar-refractivity contribution in [2.45, 2.75) is 19.9 Å². The van der Waals surface area contributed by atoms with Crippen molar-refractivity contribution >= 4 is 27.5 Å². The van der Waals surface area contributed by atoms with E-state index in [9.17, 15) is 4.79 Å². The van der Waals surface area contributed by atoms with Gasteiger partial charge in [0.2, 0.25) is 0 Å². The number of anilines is 1. The highest BCUT2D eigenvalue weighted by molar-refractivity contribution is 9.10. The van der Waals surface area contributed by atoms with E-state index in [1.54, 1.807) is 0 Å². The van der Waals surface area contributed by atoms with Crippen molar-refractivity contribution in [1.82, 2.24) is 0 Å². The van der Waals surface area contributed by atoms with Gasteiger partial charge in [-0.1, -0.05) is 41.1 Å². The van der Waals surface area contributed by atoms with Crippen LogP contribution >= 0.6 is 15.9 Å². The van der Waals surface area contributed by atoms with Crippen LogP contribution < -0.4 is 15.4 Å². The van der Waals surface area contributed by atoms with Gasteiger partial charge in [0, 0.05) is 15.7 Å². The van der Waals surface area contributed by atoms with Gasteiger partial charge in [-0.15, -0.1) is 0 Å². The van der Waals surface area contributed by atoms with Gasteiger partial charge in [-0.2, -0.15) is 0 Å². The molecule has 0 bridgehead atoms. The van der Waals surface area contributed by atoms with Gasteiger partial charge in [-0.25, -0.2) is 0 Å². The molecular formula is C18H22BrN2O2+. The normalized spacial score (nSPS) is 10.3. The highest BCUT2D eigenvalue weighted by Gasteiger charge is 2.09. The van der Waals surface area contributed by atoms with Gasteiger partial charge in [0.25, 0.3) is 5.91 Å². The van der Waals surface area contributed by atoms with Gasteiger partial charge in [0.1, 0.15) is 12.3 Å². The number of rotatable bonds is 8. The Kier molecular flexibility index (Phi) is 7.10. The zero-order valence-corrected chi connectivity index (χ0v) is 14.8. The third-order valence-electron chi connectivity index (χ3n) is 3.30. The van der Waals surface area contributed by atoms with E-state index in [-0.39, 0.29) is 12.5 Å². The molecule has 2 rings (SSSR count). The third kappa shape index (κ3) is 6.04. The predicted octanol–water partition coefficient (Wildman–Crippen LogP) is 2.94. The molecule has 2 aromatic rings. The first-order chi connectivity index (χ1) is 11.2. The Morgan fingerprint density at radius 2 is 2.00 bits per heavy atom. The molecule has 0 spiro atoms. The minimum atomic E-state index is -0.164. The molecule has 5 heteroatoms. The lowest BCUT2D eigenvalue weighted by Gasteiger charge is -2.11. The fourth-order valence-corrected chi connectivity index (χ4v) is 2.58. The first-order valence-electron chi connectivity index (χ1n) is 7.77. The molecule has 0 heterocycles. The van der Waals surface area contributed by atoms with E-state index in [0.29, 0.717) is 0 Å². The number of benzene rings is 2. The molecule has 0 atom stereocenters. The number of nitrogens with two attached hydrogens (primary N) is 1. The number of hydrogen-bond acceptors (Lipinski definition) is 2. The molecule has 2 aromatic carbocycles. The standard InChI is InChI=1S/C18H21BrN2O2/c1-2-10-20-12-14-11-15(19)8-9-17(14)23-13-18(22)21-16-6-4-3-5-7-16/h3-9,11,20H,2,10,12-13H2,1H3,(H,21,22)/p+1. The number of para-hydroxylation sites is 1. The topological polar surface area (TPSA) is 54.9 Å². The summed E-state index contributed by atoms with van der Waals surface area (Å²) in [5, 5.41) is 5.05. The van der Waals surface area contributed by atoms with E-state index >= 15 is 0 Å². The molecule has 3 N–H and O–H groups in total. The van der Waals surface area contributed by atoms with Crippen LogP contribution in [0.1, 0.15) is 18.9 Å². The van der Waals surface area contributed by atoms with Crippen LogP contribution in [-0.2, 0) is 11.3 Å². The van der Waals surface area contributed by atoms with Crippen LogP contribution in [0.5, 0.6) is 5.75 Å². The summed E-state index contributed by atoms with van der Waals surface area (Å²) < 4.78 is 6.72. The summed E-state index contributed by atoms with van der Waals surface area (Å²) in [5.41, 5.74) is 1.86. The molecule has 0 aliphatic carbocycles. The van der Waals surface area contributed by atoms with Gasteiger partial charge in [-0.3, -0.25) is 4.79 Å². The van der Waals surface area contributed by atoms with Crippen LogP contribution in [0.25, 0.3) is 0 Å². The summed E-state index contributed by atoms with van der Waals surface area (Å²) in [6.45, 7) is 4.06. The zero-order chi connectivity index (χ0) is 16.5. The van der Waals surface area contributed by atoms with Gasteiger partial charge in [0.05, 0.1) is 6.54 Å². The molecular weight excluding hydrogens is 356 g/mol. The Bertz CT molecular complexity index is 632. The van der Waals surface area contributed by atoms with Crippen LogP contribution in [0.2, 0.25) is 0 Å². The lowest BCUT2D eigenvalue weighted by molar-refractivity contribution is -0.670. The average molecular weight is 378 g/mol. The smallest absolute Gasteiger partial charge is 0.262 e. The number of carbonyl (C=O) groups excluding carboxylic acids is 1. The number of amides is 1. The van der Waals surface area contributed by atoms with Crippen molar-refractivity contribution in [3.8, 4) is 5.75 Å². The van der Waals surface area contributed by atoms with Crippen molar-refractivity contribution in [1.29, 1.82) is 0 Å². The molecule has 1 amide bonds. The molecule has 0 saturated heterocycles. The predicted molar refractivity (Wildman–Crippen MR) is 95.5 cm³/mol. The Labute approximate surface area is 145 Å². The van der Waals surface area contributed by atoms with Crippen LogP contribution in [0.15, 0.2) is 53.0 Å². The maximum absolute atomic E-state index is 12.0. The summed E-state index contributed by atoms with van der Waals surface area (Å²) >= 11 is 3.48. The van der Waals surface area contributed by atoms with E-state index in [0.717, 1.165) is 41.0 Å². The zero-order valence-electron chi connectivity index (χ0n) is 13.2. The van der Waals surface area contributed by atoms with E-state index in [1.165, 1.54) is 0 Å².